The molecule has 2 N–H and O–H groups in total. The number of ether oxygens (including phenoxy) is 1. The lowest BCUT2D eigenvalue weighted by Crippen LogP contribution is -2.22. The SMILES string of the molecule is O=C(COC(=O)CCC(=O)Nc1cccc2ccccc12)Nc1ccc(Br)cc1Cl. The predicted molar refractivity (Wildman–Crippen MR) is 121 cm³/mol. The summed E-state index contributed by atoms with van der Waals surface area (Å²) in [5.41, 5.74) is 1.09. The molecule has 8 heteroatoms. The molecule has 0 aliphatic heterocycles. The normalized spacial score (nSPS) is 10.5. The van der Waals surface area contributed by atoms with E-state index in [1.165, 1.54) is 0 Å². The zero-order valence-corrected chi connectivity index (χ0v) is 18.1. The molecule has 30 heavy (non-hydrogen) atoms. The summed E-state index contributed by atoms with van der Waals surface area (Å²) in [5.74, 6) is -1.47. The number of carbonyl (C=O) groups excluding carboxylic acids is 3. The number of benzene rings is 3. The average molecular weight is 490 g/mol. The van der Waals surface area contributed by atoms with Gasteiger partial charge < -0.3 is 15.4 Å². The van der Waals surface area contributed by atoms with Gasteiger partial charge in [-0.3, -0.25) is 14.4 Å². The van der Waals surface area contributed by atoms with Crippen LogP contribution in [0.25, 0.3) is 10.8 Å². The van der Waals surface area contributed by atoms with Crippen molar-refractivity contribution in [3.8, 4) is 0 Å². The van der Waals surface area contributed by atoms with Gasteiger partial charge in [0, 0.05) is 22.0 Å². The van der Waals surface area contributed by atoms with Gasteiger partial charge in [-0.15, -0.1) is 0 Å². The molecule has 0 aliphatic carbocycles. The van der Waals surface area contributed by atoms with E-state index in [4.69, 9.17) is 16.3 Å². The number of hydrogen-bond acceptors (Lipinski definition) is 4. The maximum Gasteiger partial charge on any atom is 0.306 e. The number of rotatable bonds is 7. The Kier molecular flexibility index (Phi) is 7.43. The molecule has 3 rings (SSSR count). The van der Waals surface area contributed by atoms with Crippen LogP contribution in [0.1, 0.15) is 12.8 Å². The first kappa shape index (κ1) is 21.8. The van der Waals surface area contributed by atoms with Crippen molar-refractivity contribution in [2.24, 2.45) is 0 Å². The Hall–Kier alpha value is -2.90. The molecule has 3 aromatic rings. The maximum atomic E-state index is 12.2. The van der Waals surface area contributed by atoms with E-state index in [0.717, 1.165) is 15.2 Å². The van der Waals surface area contributed by atoms with Gasteiger partial charge in [0.1, 0.15) is 0 Å². The van der Waals surface area contributed by atoms with Gasteiger partial charge >= 0.3 is 5.97 Å². The fraction of sp³-hybridized carbons (Fsp3) is 0.136. The second kappa shape index (κ2) is 10.2. The summed E-state index contributed by atoms with van der Waals surface area (Å²) in [4.78, 5) is 36.0. The number of nitrogens with one attached hydrogen (secondary N) is 2. The van der Waals surface area contributed by atoms with Crippen LogP contribution in [-0.4, -0.2) is 24.4 Å². The van der Waals surface area contributed by atoms with Gasteiger partial charge in [-0.25, -0.2) is 0 Å². The first-order chi connectivity index (χ1) is 14.4. The molecule has 0 aliphatic rings. The average Bonchev–Trinajstić information content (AvgIpc) is 2.73. The molecule has 0 unspecified atom stereocenters. The van der Waals surface area contributed by atoms with Crippen LogP contribution in [0.15, 0.2) is 65.1 Å². The zero-order chi connectivity index (χ0) is 21.5. The monoisotopic (exact) mass is 488 g/mol. The van der Waals surface area contributed by atoms with E-state index in [0.29, 0.717) is 16.4 Å². The highest BCUT2D eigenvalue weighted by atomic mass is 79.9. The van der Waals surface area contributed by atoms with Gasteiger partial charge in [0.2, 0.25) is 5.91 Å². The highest BCUT2D eigenvalue weighted by molar-refractivity contribution is 9.10. The highest BCUT2D eigenvalue weighted by Gasteiger charge is 2.12. The van der Waals surface area contributed by atoms with Crippen LogP contribution in [0.4, 0.5) is 11.4 Å². The second-order valence-electron chi connectivity index (χ2n) is 6.41. The van der Waals surface area contributed by atoms with Gasteiger partial charge in [0.05, 0.1) is 17.1 Å². The number of fused-ring (bicyclic) bond motifs is 1. The molecule has 3 aromatic carbocycles. The van der Waals surface area contributed by atoms with Crippen LogP contribution in [-0.2, 0) is 19.1 Å². The van der Waals surface area contributed by atoms with Gasteiger partial charge in [-0.05, 0) is 29.7 Å². The lowest BCUT2D eigenvalue weighted by atomic mass is 10.1. The van der Waals surface area contributed by atoms with Crippen LogP contribution in [0.2, 0.25) is 5.02 Å². The number of hydrogen-bond donors (Lipinski definition) is 2. The molecule has 0 saturated carbocycles. The third kappa shape index (κ3) is 6.05. The molecular formula is C22H18BrClN2O4. The minimum absolute atomic E-state index is 0.0534. The van der Waals surface area contributed by atoms with Crippen molar-refractivity contribution < 1.29 is 19.1 Å². The molecule has 0 atom stereocenters. The third-order valence-electron chi connectivity index (χ3n) is 4.19. The molecule has 0 heterocycles. The summed E-state index contributed by atoms with van der Waals surface area (Å²) in [6.07, 6.45) is -0.189. The van der Waals surface area contributed by atoms with Crippen LogP contribution in [0, 0.1) is 0 Å². The van der Waals surface area contributed by atoms with Crippen molar-refractivity contribution >= 4 is 67.5 Å². The standard InChI is InChI=1S/C22H18BrClN2O4/c23-15-8-9-19(17(24)12-15)26-21(28)13-30-22(29)11-10-20(27)25-18-7-3-5-14-4-1-2-6-16(14)18/h1-9,12H,10-11,13H2,(H,25,27)(H,26,28). The molecule has 0 fully saturated rings. The topological polar surface area (TPSA) is 84.5 Å². The highest BCUT2D eigenvalue weighted by Crippen LogP contribution is 2.25. The fourth-order valence-electron chi connectivity index (χ4n) is 2.76. The fourth-order valence-corrected chi connectivity index (χ4v) is 3.48. The van der Waals surface area contributed by atoms with Crippen LogP contribution in [0.3, 0.4) is 0 Å². The number of esters is 1. The minimum atomic E-state index is -0.639. The summed E-state index contributed by atoms with van der Waals surface area (Å²) >= 11 is 9.30. The molecular weight excluding hydrogens is 472 g/mol. The van der Waals surface area contributed by atoms with Crippen LogP contribution in [0.5, 0.6) is 0 Å². The van der Waals surface area contributed by atoms with Crippen molar-refractivity contribution in [3.05, 3.63) is 70.2 Å². The molecule has 6 nitrogen and oxygen atoms in total. The van der Waals surface area contributed by atoms with Crippen molar-refractivity contribution in [3.63, 3.8) is 0 Å². The first-order valence-corrected chi connectivity index (χ1v) is 10.3. The number of anilines is 2. The van der Waals surface area contributed by atoms with E-state index in [9.17, 15) is 14.4 Å². The van der Waals surface area contributed by atoms with Gasteiger partial charge in [0.15, 0.2) is 6.61 Å². The van der Waals surface area contributed by atoms with Crippen molar-refractivity contribution in [1.29, 1.82) is 0 Å². The zero-order valence-electron chi connectivity index (χ0n) is 15.8. The Morgan fingerprint density at radius 3 is 2.40 bits per heavy atom. The van der Waals surface area contributed by atoms with E-state index in [1.807, 2.05) is 36.4 Å². The van der Waals surface area contributed by atoms with E-state index in [1.54, 1.807) is 24.3 Å². The lowest BCUT2D eigenvalue weighted by molar-refractivity contribution is -0.147. The quantitative estimate of drug-likeness (QED) is 0.449. The van der Waals surface area contributed by atoms with Crippen molar-refractivity contribution in [2.75, 3.05) is 17.2 Å². The van der Waals surface area contributed by atoms with Crippen molar-refractivity contribution in [2.45, 2.75) is 12.8 Å². The lowest BCUT2D eigenvalue weighted by Gasteiger charge is -2.09. The Morgan fingerprint density at radius 2 is 1.60 bits per heavy atom. The molecule has 0 radical (unpaired) electrons. The molecule has 154 valence electrons. The second-order valence-corrected chi connectivity index (χ2v) is 7.73. The Bertz CT molecular complexity index is 1100. The Balaban J connectivity index is 1.44. The minimum Gasteiger partial charge on any atom is -0.456 e. The van der Waals surface area contributed by atoms with E-state index >= 15 is 0 Å². The first-order valence-electron chi connectivity index (χ1n) is 9.10. The maximum absolute atomic E-state index is 12.2. The molecule has 0 saturated heterocycles. The van der Waals surface area contributed by atoms with E-state index in [-0.39, 0.29) is 18.7 Å². The Labute approximate surface area is 186 Å². The number of amides is 2. The smallest absolute Gasteiger partial charge is 0.306 e. The molecule has 0 aromatic heterocycles. The van der Waals surface area contributed by atoms with Gasteiger partial charge in [-0.1, -0.05) is 63.9 Å². The third-order valence-corrected chi connectivity index (χ3v) is 5.00. The summed E-state index contributed by atoms with van der Waals surface area (Å²) in [5, 5.41) is 7.64. The summed E-state index contributed by atoms with van der Waals surface area (Å²) in [7, 11) is 0. The Morgan fingerprint density at radius 1 is 0.867 bits per heavy atom. The number of carbonyl (C=O) groups is 3. The predicted octanol–water partition coefficient (Wildman–Crippen LogP) is 5.16. The largest absolute Gasteiger partial charge is 0.456 e. The van der Waals surface area contributed by atoms with Crippen molar-refractivity contribution in [1.82, 2.24) is 0 Å². The molecule has 0 spiro atoms. The van der Waals surface area contributed by atoms with Crippen LogP contribution >= 0.6 is 27.5 Å². The summed E-state index contributed by atoms with van der Waals surface area (Å²) in [6.45, 7) is -0.462. The van der Waals surface area contributed by atoms with E-state index < -0.39 is 18.5 Å². The number of halogens is 2. The molecule has 0 bridgehead atoms. The van der Waals surface area contributed by atoms with Gasteiger partial charge in [0.25, 0.3) is 5.91 Å². The molecule has 2 amide bonds. The van der Waals surface area contributed by atoms with E-state index in [2.05, 4.69) is 26.6 Å². The summed E-state index contributed by atoms with van der Waals surface area (Å²) in [6, 6.07) is 18.3. The summed E-state index contributed by atoms with van der Waals surface area (Å²) < 4.78 is 5.70. The van der Waals surface area contributed by atoms with Gasteiger partial charge in [-0.2, -0.15) is 0 Å². The van der Waals surface area contributed by atoms with Crippen LogP contribution < -0.4 is 10.6 Å².